The molecule has 0 atom stereocenters. The van der Waals surface area contributed by atoms with Gasteiger partial charge in [0.25, 0.3) is 0 Å². The predicted octanol–water partition coefficient (Wildman–Crippen LogP) is 3.03. The molecule has 5 nitrogen and oxygen atoms in total. The molecule has 2 aromatic rings. The summed E-state index contributed by atoms with van der Waals surface area (Å²) in [5, 5.41) is 2.84. The smallest absolute Gasteiger partial charge is 0.228 e. The largest absolute Gasteiger partial charge is 0.331 e. The third kappa shape index (κ3) is 4.04. The van der Waals surface area contributed by atoms with Crippen molar-refractivity contribution < 1.29 is 9.59 Å². The fourth-order valence-corrected chi connectivity index (χ4v) is 2.06. The Balaban J connectivity index is 2.00. The van der Waals surface area contributed by atoms with E-state index < -0.39 is 0 Å². The van der Waals surface area contributed by atoms with Crippen LogP contribution in [0.25, 0.3) is 0 Å². The average Bonchev–Trinajstić information content (AvgIpc) is 2.91. The molecule has 1 N–H and O–H groups in total. The van der Waals surface area contributed by atoms with Crippen LogP contribution in [0, 0.1) is 5.92 Å². The molecular formula is C17H21N3O2. The zero-order valence-corrected chi connectivity index (χ0v) is 13.2. The van der Waals surface area contributed by atoms with Gasteiger partial charge in [0.15, 0.2) is 5.82 Å². The quantitative estimate of drug-likeness (QED) is 0.834. The first-order chi connectivity index (χ1) is 10.5. The summed E-state index contributed by atoms with van der Waals surface area (Å²) in [6, 6.07) is 6.89. The van der Waals surface area contributed by atoms with Gasteiger partial charge in [-0.1, -0.05) is 13.8 Å². The number of benzene rings is 1. The lowest BCUT2D eigenvalue weighted by Crippen LogP contribution is -2.12. The number of carbonyl (C=O) groups is 2. The lowest BCUT2D eigenvalue weighted by molar-refractivity contribution is -0.116. The third-order valence-electron chi connectivity index (χ3n) is 3.40. The van der Waals surface area contributed by atoms with Crippen LogP contribution in [-0.4, -0.2) is 21.2 Å². The van der Waals surface area contributed by atoms with Gasteiger partial charge in [0.1, 0.15) is 0 Å². The number of aryl methyl sites for hydroxylation is 1. The molecule has 22 heavy (non-hydrogen) atoms. The van der Waals surface area contributed by atoms with Crippen LogP contribution in [0.1, 0.15) is 42.9 Å². The van der Waals surface area contributed by atoms with E-state index in [-0.39, 0.29) is 11.7 Å². The van der Waals surface area contributed by atoms with E-state index in [1.54, 1.807) is 48.3 Å². The van der Waals surface area contributed by atoms with Crippen LogP contribution in [0.3, 0.4) is 0 Å². The van der Waals surface area contributed by atoms with E-state index in [1.165, 1.54) is 0 Å². The summed E-state index contributed by atoms with van der Waals surface area (Å²) < 4.78 is 1.68. The average molecular weight is 299 g/mol. The molecule has 1 aromatic heterocycles. The van der Waals surface area contributed by atoms with Crippen molar-refractivity contribution >= 4 is 17.4 Å². The maximum Gasteiger partial charge on any atom is 0.228 e. The van der Waals surface area contributed by atoms with Gasteiger partial charge in [-0.05, 0) is 36.6 Å². The van der Waals surface area contributed by atoms with Crippen LogP contribution in [0.4, 0.5) is 5.69 Å². The summed E-state index contributed by atoms with van der Waals surface area (Å²) in [5.41, 5.74) is 1.25. The second-order valence-corrected chi connectivity index (χ2v) is 5.75. The van der Waals surface area contributed by atoms with Gasteiger partial charge < -0.3 is 9.88 Å². The molecule has 0 saturated carbocycles. The minimum atomic E-state index is -0.134. The maximum atomic E-state index is 12.3. The van der Waals surface area contributed by atoms with E-state index >= 15 is 0 Å². The van der Waals surface area contributed by atoms with Crippen molar-refractivity contribution in [3.8, 4) is 0 Å². The Hall–Kier alpha value is -2.43. The Morgan fingerprint density at radius 2 is 1.91 bits per heavy atom. The number of hydrogen-bond donors (Lipinski definition) is 1. The van der Waals surface area contributed by atoms with E-state index in [1.807, 2.05) is 0 Å². The molecule has 1 heterocycles. The third-order valence-corrected chi connectivity index (χ3v) is 3.40. The lowest BCUT2D eigenvalue weighted by atomic mass is 10.1. The maximum absolute atomic E-state index is 12.3. The Labute approximate surface area is 130 Å². The van der Waals surface area contributed by atoms with Gasteiger partial charge in [0.2, 0.25) is 11.7 Å². The second-order valence-electron chi connectivity index (χ2n) is 5.75. The van der Waals surface area contributed by atoms with Gasteiger partial charge in [0, 0.05) is 37.1 Å². The predicted molar refractivity (Wildman–Crippen MR) is 85.8 cm³/mol. The van der Waals surface area contributed by atoms with Crippen molar-refractivity contribution in [3.05, 3.63) is 48.0 Å². The van der Waals surface area contributed by atoms with Crippen molar-refractivity contribution in [2.45, 2.75) is 26.7 Å². The summed E-state index contributed by atoms with van der Waals surface area (Å²) in [7, 11) is 1.78. The molecule has 0 saturated heterocycles. The van der Waals surface area contributed by atoms with E-state index in [2.05, 4.69) is 24.1 Å². The number of aromatic nitrogens is 2. The highest BCUT2D eigenvalue weighted by atomic mass is 16.1. The van der Waals surface area contributed by atoms with E-state index in [0.29, 0.717) is 29.4 Å². The SMILES string of the molecule is CC(C)CCC(=O)Nc1ccc(C(=O)c2nccn2C)cc1. The van der Waals surface area contributed by atoms with Crippen molar-refractivity contribution in [3.63, 3.8) is 0 Å². The molecule has 5 heteroatoms. The van der Waals surface area contributed by atoms with Crippen molar-refractivity contribution in [1.82, 2.24) is 9.55 Å². The molecule has 0 unspecified atom stereocenters. The van der Waals surface area contributed by atoms with Gasteiger partial charge in [0.05, 0.1) is 0 Å². The number of hydrogen-bond acceptors (Lipinski definition) is 3. The minimum absolute atomic E-state index is 0.00289. The first-order valence-corrected chi connectivity index (χ1v) is 7.39. The summed E-state index contributed by atoms with van der Waals surface area (Å²) in [4.78, 5) is 28.1. The summed E-state index contributed by atoms with van der Waals surface area (Å²) in [6.07, 6.45) is 4.69. The number of rotatable bonds is 6. The molecule has 0 fully saturated rings. The molecule has 0 aliphatic rings. The highest BCUT2D eigenvalue weighted by Crippen LogP contribution is 2.14. The van der Waals surface area contributed by atoms with Crippen molar-refractivity contribution in [2.75, 3.05) is 5.32 Å². The number of amides is 1. The zero-order valence-electron chi connectivity index (χ0n) is 13.2. The van der Waals surface area contributed by atoms with Gasteiger partial charge in [-0.3, -0.25) is 9.59 Å². The van der Waals surface area contributed by atoms with Crippen LogP contribution in [-0.2, 0) is 11.8 Å². The number of carbonyl (C=O) groups excluding carboxylic acids is 2. The van der Waals surface area contributed by atoms with Crippen LogP contribution >= 0.6 is 0 Å². The van der Waals surface area contributed by atoms with Crippen LogP contribution in [0.5, 0.6) is 0 Å². The molecule has 116 valence electrons. The fraction of sp³-hybridized carbons (Fsp3) is 0.353. The Morgan fingerprint density at radius 1 is 1.23 bits per heavy atom. The number of ketones is 1. The summed E-state index contributed by atoms with van der Waals surface area (Å²) in [5.74, 6) is 0.763. The molecule has 2 rings (SSSR count). The number of anilines is 1. The Kier molecular flexibility index (Phi) is 5.09. The zero-order chi connectivity index (χ0) is 16.1. The molecule has 0 aliphatic heterocycles. The number of nitrogens with one attached hydrogen (secondary N) is 1. The first kappa shape index (κ1) is 15.9. The van der Waals surface area contributed by atoms with Gasteiger partial charge >= 0.3 is 0 Å². The fourth-order valence-electron chi connectivity index (χ4n) is 2.06. The van der Waals surface area contributed by atoms with Crippen LogP contribution in [0.15, 0.2) is 36.7 Å². The van der Waals surface area contributed by atoms with Gasteiger partial charge in [-0.2, -0.15) is 0 Å². The normalized spacial score (nSPS) is 10.7. The second kappa shape index (κ2) is 7.02. The topological polar surface area (TPSA) is 64.0 Å². The first-order valence-electron chi connectivity index (χ1n) is 7.39. The molecule has 1 amide bonds. The van der Waals surface area contributed by atoms with E-state index in [4.69, 9.17) is 0 Å². The van der Waals surface area contributed by atoms with Crippen molar-refractivity contribution in [1.29, 1.82) is 0 Å². The van der Waals surface area contributed by atoms with Crippen LogP contribution < -0.4 is 5.32 Å². The standard InChI is InChI=1S/C17H21N3O2/c1-12(2)4-9-15(21)19-14-7-5-13(6-8-14)16(22)17-18-10-11-20(17)3/h5-8,10-12H,4,9H2,1-3H3,(H,19,21). The van der Waals surface area contributed by atoms with Crippen molar-refractivity contribution in [2.24, 2.45) is 13.0 Å². The van der Waals surface area contributed by atoms with E-state index in [0.717, 1.165) is 6.42 Å². The summed E-state index contributed by atoms with van der Waals surface area (Å²) in [6.45, 7) is 4.18. The molecular weight excluding hydrogens is 278 g/mol. The monoisotopic (exact) mass is 299 g/mol. The molecule has 0 spiro atoms. The highest BCUT2D eigenvalue weighted by Gasteiger charge is 2.13. The minimum Gasteiger partial charge on any atom is -0.331 e. The van der Waals surface area contributed by atoms with Crippen LogP contribution in [0.2, 0.25) is 0 Å². The lowest BCUT2D eigenvalue weighted by Gasteiger charge is -2.07. The highest BCUT2D eigenvalue weighted by molar-refractivity contribution is 6.07. The Bertz CT molecular complexity index is 657. The van der Waals surface area contributed by atoms with E-state index in [9.17, 15) is 9.59 Å². The number of nitrogens with zero attached hydrogens (tertiary/aromatic N) is 2. The van der Waals surface area contributed by atoms with Gasteiger partial charge in [-0.15, -0.1) is 0 Å². The molecule has 0 bridgehead atoms. The summed E-state index contributed by atoms with van der Waals surface area (Å²) >= 11 is 0. The number of imidazole rings is 1. The molecule has 0 aliphatic carbocycles. The molecule has 1 aromatic carbocycles. The Morgan fingerprint density at radius 3 is 2.45 bits per heavy atom. The van der Waals surface area contributed by atoms with Gasteiger partial charge in [-0.25, -0.2) is 4.98 Å². The molecule has 0 radical (unpaired) electrons.